The Bertz CT molecular complexity index is 686. The maximum atomic E-state index is 12.3. The number of benzene rings is 1. The van der Waals surface area contributed by atoms with Crippen molar-refractivity contribution in [2.75, 3.05) is 20.2 Å². The van der Waals surface area contributed by atoms with Gasteiger partial charge in [-0.3, -0.25) is 4.79 Å². The molecule has 0 saturated carbocycles. The van der Waals surface area contributed by atoms with Crippen LogP contribution >= 0.6 is 23.2 Å². The van der Waals surface area contributed by atoms with Crippen LogP contribution in [0.15, 0.2) is 12.1 Å². The highest BCUT2D eigenvalue weighted by atomic mass is 35.5. The van der Waals surface area contributed by atoms with E-state index in [0.29, 0.717) is 5.56 Å². The van der Waals surface area contributed by atoms with Crippen LogP contribution in [0.4, 0.5) is 4.79 Å². The van der Waals surface area contributed by atoms with Crippen molar-refractivity contribution in [3.05, 3.63) is 27.7 Å². The van der Waals surface area contributed by atoms with Crippen molar-refractivity contribution in [2.24, 2.45) is 5.92 Å². The lowest BCUT2D eigenvalue weighted by atomic mass is 9.88. The Morgan fingerprint density at radius 3 is 2.36 bits per heavy atom. The van der Waals surface area contributed by atoms with E-state index >= 15 is 0 Å². The molecule has 8 heteroatoms. The lowest BCUT2D eigenvalue weighted by Crippen LogP contribution is -2.36. The fourth-order valence-corrected chi connectivity index (χ4v) is 3.16. The second-order valence-electron chi connectivity index (χ2n) is 6.95. The molecule has 1 aliphatic rings. The largest absolute Gasteiger partial charge is 0.508 e. The number of nitrogens with zero attached hydrogens (tertiary/aromatic N) is 1. The third kappa shape index (κ3) is 4.50. The highest BCUT2D eigenvalue weighted by Gasteiger charge is 2.43. The Hall–Kier alpha value is -1.66. The Morgan fingerprint density at radius 1 is 1.20 bits per heavy atom. The summed E-state index contributed by atoms with van der Waals surface area (Å²) in [5, 5.41) is 10.7. The number of esters is 1. The minimum Gasteiger partial charge on any atom is -0.508 e. The van der Waals surface area contributed by atoms with E-state index in [2.05, 4.69) is 0 Å². The van der Waals surface area contributed by atoms with Crippen LogP contribution in [0.25, 0.3) is 0 Å². The van der Waals surface area contributed by atoms with Gasteiger partial charge in [0, 0.05) is 30.6 Å². The number of aromatic hydroxyl groups is 1. The van der Waals surface area contributed by atoms with E-state index in [0.717, 1.165) is 0 Å². The van der Waals surface area contributed by atoms with Crippen molar-refractivity contribution in [3.8, 4) is 5.75 Å². The summed E-state index contributed by atoms with van der Waals surface area (Å²) in [6.45, 7) is 5.62. The fourth-order valence-electron chi connectivity index (χ4n) is 2.83. The maximum absolute atomic E-state index is 12.3. The van der Waals surface area contributed by atoms with Crippen molar-refractivity contribution < 1.29 is 24.2 Å². The molecule has 1 fully saturated rings. The van der Waals surface area contributed by atoms with Gasteiger partial charge in [-0.2, -0.15) is 0 Å². The molecule has 1 aliphatic heterocycles. The van der Waals surface area contributed by atoms with E-state index < -0.39 is 29.5 Å². The first kappa shape index (κ1) is 19.7. The van der Waals surface area contributed by atoms with Crippen molar-refractivity contribution >= 4 is 35.3 Å². The van der Waals surface area contributed by atoms with Gasteiger partial charge in [-0.05, 0) is 26.8 Å². The molecule has 0 bridgehead atoms. The van der Waals surface area contributed by atoms with Crippen LogP contribution in [-0.2, 0) is 14.3 Å². The zero-order chi connectivity index (χ0) is 18.9. The smallest absolute Gasteiger partial charge is 0.410 e. The number of hydrogen-bond donors (Lipinski definition) is 1. The van der Waals surface area contributed by atoms with Crippen LogP contribution in [0, 0.1) is 5.92 Å². The number of ether oxygens (including phenoxy) is 2. The SMILES string of the molecule is COC(=O)[C@@H]1CN(C(=O)OC(C)(C)C)C[C@H]1c1cc(Cl)c(Cl)cc1O. The first-order valence-corrected chi connectivity index (χ1v) is 8.52. The van der Waals surface area contributed by atoms with Crippen LogP contribution in [0.5, 0.6) is 5.75 Å². The average molecular weight is 390 g/mol. The third-order valence-corrected chi connectivity index (χ3v) is 4.67. The summed E-state index contributed by atoms with van der Waals surface area (Å²) < 4.78 is 10.2. The highest BCUT2D eigenvalue weighted by molar-refractivity contribution is 6.42. The number of hydrogen-bond acceptors (Lipinski definition) is 5. The van der Waals surface area contributed by atoms with Crippen LogP contribution in [-0.4, -0.2) is 47.9 Å². The number of amides is 1. The van der Waals surface area contributed by atoms with Crippen molar-refractivity contribution in [1.29, 1.82) is 0 Å². The maximum Gasteiger partial charge on any atom is 0.410 e. The molecule has 138 valence electrons. The summed E-state index contributed by atoms with van der Waals surface area (Å²) in [7, 11) is 1.28. The zero-order valence-corrected chi connectivity index (χ0v) is 16.0. The van der Waals surface area contributed by atoms with Crippen molar-refractivity contribution in [1.82, 2.24) is 4.90 Å². The standard InChI is InChI=1S/C17H21Cl2NO5/c1-17(2,3)25-16(23)20-7-10(11(8-20)15(22)24-4)9-5-12(18)13(19)6-14(9)21/h5-6,10-11,21H,7-8H2,1-4H3/t10-,11+/m0/s1. The lowest BCUT2D eigenvalue weighted by molar-refractivity contribution is -0.145. The van der Waals surface area contributed by atoms with Crippen molar-refractivity contribution in [2.45, 2.75) is 32.3 Å². The second kappa shape index (κ2) is 7.30. The van der Waals surface area contributed by atoms with Gasteiger partial charge in [-0.1, -0.05) is 23.2 Å². The summed E-state index contributed by atoms with van der Waals surface area (Å²) in [6, 6.07) is 2.84. The summed E-state index contributed by atoms with van der Waals surface area (Å²) >= 11 is 11.9. The molecule has 1 aromatic rings. The Morgan fingerprint density at radius 2 is 1.80 bits per heavy atom. The van der Waals surface area contributed by atoms with Crippen molar-refractivity contribution in [3.63, 3.8) is 0 Å². The predicted molar refractivity (Wildman–Crippen MR) is 94.2 cm³/mol. The lowest BCUT2D eigenvalue weighted by Gasteiger charge is -2.24. The molecule has 1 aromatic carbocycles. The molecule has 0 aliphatic carbocycles. The molecule has 25 heavy (non-hydrogen) atoms. The topological polar surface area (TPSA) is 76.1 Å². The van der Waals surface area contributed by atoms with Gasteiger partial charge in [0.05, 0.1) is 23.1 Å². The first-order valence-electron chi connectivity index (χ1n) is 7.77. The van der Waals surface area contributed by atoms with E-state index in [1.54, 1.807) is 20.8 Å². The van der Waals surface area contributed by atoms with E-state index in [1.165, 1.54) is 24.1 Å². The number of carbonyl (C=O) groups excluding carboxylic acids is 2. The molecule has 0 aromatic heterocycles. The molecule has 0 radical (unpaired) electrons. The molecule has 0 spiro atoms. The predicted octanol–water partition coefficient (Wildman–Crippen LogP) is 3.82. The molecule has 6 nitrogen and oxygen atoms in total. The molecule has 2 atom stereocenters. The number of carbonyl (C=O) groups is 2. The summed E-state index contributed by atoms with van der Waals surface area (Å²) in [6.07, 6.45) is -0.525. The average Bonchev–Trinajstić information content (AvgIpc) is 2.93. The van der Waals surface area contributed by atoms with Gasteiger partial charge in [0.1, 0.15) is 11.4 Å². The van der Waals surface area contributed by atoms with Crippen LogP contribution in [0.2, 0.25) is 10.0 Å². The Balaban J connectivity index is 2.33. The normalized spacial score (nSPS) is 20.5. The molecule has 1 saturated heterocycles. The number of likely N-dealkylation sites (tertiary alicyclic amines) is 1. The Kier molecular flexibility index (Phi) is 5.74. The van der Waals surface area contributed by atoms with Gasteiger partial charge in [-0.15, -0.1) is 0 Å². The second-order valence-corrected chi connectivity index (χ2v) is 7.76. The fraction of sp³-hybridized carbons (Fsp3) is 0.529. The quantitative estimate of drug-likeness (QED) is 0.777. The molecule has 1 N–H and O–H groups in total. The number of phenolic OH excluding ortho intramolecular Hbond substituents is 1. The van der Waals surface area contributed by atoms with E-state index in [1.807, 2.05) is 0 Å². The molecular formula is C17H21Cl2NO5. The monoisotopic (exact) mass is 389 g/mol. The van der Waals surface area contributed by atoms with Gasteiger partial charge < -0.3 is 19.5 Å². The van der Waals surface area contributed by atoms with Gasteiger partial charge >= 0.3 is 12.1 Å². The summed E-state index contributed by atoms with van der Waals surface area (Å²) in [5.74, 6) is -1.67. The molecule has 2 rings (SSSR count). The summed E-state index contributed by atoms with van der Waals surface area (Å²) in [5.41, 5.74) is -0.211. The molecule has 1 amide bonds. The minimum absolute atomic E-state index is 0.0839. The number of rotatable bonds is 2. The van der Waals surface area contributed by atoms with Crippen LogP contribution < -0.4 is 0 Å². The number of halogens is 2. The first-order chi connectivity index (χ1) is 11.5. The Labute approximate surface area is 156 Å². The van der Waals surface area contributed by atoms with Gasteiger partial charge in [0.2, 0.25) is 0 Å². The third-order valence-electron chi connectivity index (χ3n) is 3.94. The van der Waals surface area contributed by atoms with Gasteiger partial charge in [0.15, 0.2) is 0 Å². The van der Waals surface area contributed by atoms with E-state index in [4.69, 9.17) is 32.7 Å². The number of phenols is 1. The summed E-state index contributed by atoms with van der Waals surface area (Å²) in [4.78, 5) is 25.9. The number of methoxy groups -OCH3 is 1. The van der Waals surface area contributed by atoms with Gasteiger partial charge in [0.25, 0.3) is 0 Å². The van der Waals surface area contributed by atoms with Crippen LogP contribution in [0.1, 0.15) is 32.3 Å². The minimum atomic E-state index is -0.651. The van der Waals surface area contributed by atoms with Gasteiger partial charge in [-0.25, -0.2) is 4.79 Å². The zero-order valence-electron chi connectivity index (χ0n) is 14.5. The molecule has 0 unspecified atom stereocenters. The molecular weight excluding hydrogens is 369 g/mol. The van der Waals surface area contributed by atoms with E-state index in [-0.39, 0.29) is 28.9 Å². The highest BCUT2D eigenvalue weighted by Crippen LogP contribution is 2.41. The molecule has 1 heterocycles. The van der Waals surface area contributed by atoms with Crippen LogP contribution in [0.3, 0.4) is 0 Å². The van der Waals surface area contributed by atoms with E-state index in [9.17, 15) is 14.7 Å².